The van der Waals surface area contributed by atoms with E-state index < -0.39 is 0 Å². The van der Waals surface area contributed by atoms with Crippen molar-refractivity contribution in [3.8, 4) is 16.3 Å². The Balaban J connectivity index is 2.12. The topological polar surface area (TPSA) is 46.9 Å². The van der Waals surface area contributed by atoms with E-state index in [1.165, 1.54) is 0 Å². The summed E-state index contributed by atoms with van der Waals surface area (Å²) in [4.78, 5) is 13.7. The van der Waals surface area contributed by atoms with Crippen molar-refractivity contribution in [2.24, 2.45) is 0 Å². The molecule has 3 aromatic rings. The number of amides is 1. The lowest BCUT2D eigenvalue weighted by atomic mass is 10.1. The van der Waals surface area contributed by atoms with Crippen LogP contribution in [0.2, 0.25) is 5.02 Å². The number of nitrogens with zero attached hydrogens (tertiary/aromatic N) is 2. The van der Waals surface area contributed by atoms with Crippen LogP contribution >= 0.6 is 22.9 Å². The Hall–Kier alpha value is -2.11. The van der Waals surface area contributed by atoms with E-state index in [2.05, 4.69) is 10.4 Å². The van der Waals surface area contributed by atoms with E-state index in [0.29, 0.717) is 16.4 Å². The summed E-state index contributed by atoms with van der Waals surface area (Å²) in [6, 6.07) is 13.1. The molecule has 0 bridgehead atoms. The van der Waals surface area contributed by atoms with Gasteiger partial charge >= 0.3 is 0 Å². The molecule has 0 radical (unpaired) electrons. The van der Waals surface area contributed by atoms with Crippen molar-refractivity contribution in [1.82, 2.24) is 15.1 Å². The molecule has 0 saturated heterocycles. The monoisotopic (exact) mass is 359 g/mol. The fraction of sp³-hybridized carbons (Fsp3) is 0.222. The first-order valence-electron chi connectivity index (χ1n) is 7.56. The minimum Gasteiger partial charge on any atom is -0.346 e. The van der Waals surface area contributed by atoms with Crippen LogP contribution in [0.4, 0.5) is 0 Å². The SMILES string of the molecule is CC(C)(C)NC(=O)c1cc(-c2cccs2)nn1-c1ccccc1Cl. The smallest absolute Gasteiger partial charge is 0.270 e. The summed E-state index contributed by atoms with van der Waals surface area (Å²) in [5.74, 6) is -0.183. The summed E-state index contributed by atoms with van der Waals surface area (Å²) in [6.07, 6.45) is 0. The van der Waals surface area contributed by atoms with Gasteiger partial charge in [0.1, 0.15) is 11.4 Å². The van der Waals surface area contributed by atoms with Crippen molar-refractivity contribution < 1.29 is 4.79 Å². The third kappa shape index (κ3) is 3.52. The molecule has 0 atom stereocenters. The molecule has 24 heavy (non-hydrogen) atoms. The molecule has 0 unspecified atom stereocenters. The van der Waals surface area contributed by atoms with Crippen molar-refractivity contribution in [2.75, 3.05) is 0 Å². The zero-order valence-electron chi connectivity index (χ0n) is 13.7. The highest BCUT2D eigenvalue weighted by Crippen LogP contribution is 2.28. The maximum Gasteiger partial charge on any atom is 0.270 e. The number of halogens is 1. The highest BCUT2D eigenvalue weighted by Gasteiger charge is 2.22. The number of rotatable bonds is 3. The Bertz CT molecular complexity index is 863. The Morgan fingerprint density at radius 2 is 1.96 bits per heavy atom. The van der Waals surface area contributed by atoms with E-state index in [0.717, 1.165) is 10.6 Å². The van der Waals surface area contributed by atoms with Gasteiger partial charge in [-0.3, -0.25) is 4.79 Å². The van der Waals surface area contributed by atoms with E-state index >= 15 is 0 Å². The second kappa shape index (κ2) is 6.42. The summed E-state index contributed by atoms with van der Waals surface area (Å²) in [6.45, 7) is 5.84. The van der Waals surface area contributed by atoms with Crippen LogP contribution in [-0.4, -0.2) is 21.2 Å². The van der Waals surface area contributed by atoms with Crippen molar-refractivity contribution >= 4 is 28.8 Å². The number of carbonyl (C=O) groups is 1. The standard InChI is InChI=1S/C18H18ClN3OS/c1-18(2,3)20-17(23)15-11-13(16-9-6-10-24-16)21-22(15)14-8-5-4-7-12(14)19/h4-11H,1-3H3,(H,20,23). The zero-order valence-corrected chi connectivity index (χ0v) is 15.3. The van der Waals surface area contributed by atoms with Crippen molar-refractivity contribution in [3.05, 3.63) is 58.6 Å². The predicted molar refractivity (Wildman–Crippen MR) is 99.1 cm³/mol. The van der Waals surface area contributed by atoms with Gasteiger partial charge in [0, 0.05) is 5.54 Å². The summed E-state index contributed by atoms with van der Waals surface area (Å²) in [7, 11) is 0. The number of nitrogens with one attached hydrogen (secondary N) is 1. The van der Waals surface area contributed by atoms with E-state index in [4.69, 9.17) is 11.6 Å². The van der Waals surface area contributed by atoms with Crippen LogP contribution in [0.3, 0.4) is 0 Å². The first-order chi connectivity index (χ1) is 11.3. The molecule has 0 saturated carbocycles. The molecule has 2 heterocycles. The minimum absolute atomic E-state index is 0.183. The lowest BCUT2D eigenvalue weighted by Gasteiger charge is -2.20. The summed E-state index contributed by atoms with van der Waals surface area (Å²) in [5, 5.41) is 10.1. The fourth-order valence-electron chi connectivity index (χ4n) is 2.30. The first kappa shape index (κ1) is 16.7. The molecule has 124 valence electrons. The molecule has 0 aliphatic rings. The van der Waals surface area contributed by atoms with Gasteiger partial charge in [-0.25, -0.2) is 4.68 Å². The molecule has 4 nitrogen and oxygen atoms in total. The average molecular weight is 360 g/mol. The Morgan fingerprint density at radius 1 is 1.21 bits per heavy atom. The molecule has 0 aliphatic carbocycles. The van der Waals surface area contributed by atoms with Crippen LogP contribution in [0, 0.1) is 0 Å². The number of thiophene rings is 1. The fourth-order valence-corrected chi connectivity index (χ4v) is 3.20. The Labute approximate surface area is 150 Å². The van der Waals surface area contributed by atoms with Crippen molar-refractivity contribution in [1.29, 1.82) is 0 Å². The minimum atomic E-state index is -0.338. The molecular weight excluding hydrogens is 342 g/mol. The molecule has 1 amide bonds. The molecule has 3 rings (SSSR count). The highest BCUT2D eigenvalue weighted by molar-refractivity contribution is 7.13. The maximum absolute atomic E-state index is 12.7. The van der Waals surface area contributed by atoms with Gasteiger partial charge in [-0.2, -0.15) is 5.10 Å². The lowest BCUT2D eigenvalue weighted by molar-refractivity contribution is 0.0911. The van der Waals surface area contributed by atoms with Gasteiger partial charge in [0.25, 0.3) is 5.91 Å². The number of aromatic nitrogens is 2. The Kier molecular flexibility index (Phi) is 4.47. The molecule has 1 N–H and O–H groups in total. The lowest BCUT2D eigenvalue weighted by Crippen LogP contribution is -2.41. The van der Waals surface area contributed by atoms with Crippen LogP contribution in [0.15, 0.2) is 47.8 Å². The predicted octanol–water partition coefficient (Wildman–Crippen LogP) is 4.78. The molecule has 0 fully saturated rings. The number of para-hydroxylation sites is 1. The van der Waals surface area contributed by atoms with Gasteiger partial charge in [-0.15, -0.1) is 11.3 Å². The van der Waals surface area contributed by atoms with Gasteiger partial charge in [0.15, 0.2) is 0 Å². The molecular formula is C18H18ClN3OS. The number of benzene rings is 1. The summed E-state index contributed by atoms with van der Waals surface area (Å²) in [5.41, 5.74) is 1.56. The highest BCUT2D eigenvalue weighted by atomic mass is 35.5. The van der Waals surface area contributed by atoms with Crippen molar-refractivity contribution in [3.63, 3.8) is 0 Å². The van der Waals surface area contributed by atoms with Crippen LogP contribution in [0.25, 0.3) is 16.3 Å². The normalized spacial score (nSPS) is 11.5. The second-order valence-corrected chi connectivity index (χ2v) is 7.81. The average Bonchev–Trinajstić information content (AvgIpc) is 3.15. The third-order valence-electron chi connectivity index (χ3n) is 3.28. The van der Waals surface area contributed by atoms with Crippen LogP contribution < -0.4 is 5.32 Å². The molecule has 6 heteroatoms. The van der Waals surface area contributed by atoms with E-state index in [1.54, 1.807) is 28.2 Å². The van der Waals surface area contributed by atoms with E-state index in [-0.39, 0.29) is 11.4 Å². The third-order valence-corrected chi connectivity index (χ3v) is 4.50. The molecule has 0 spiro atoms. The van der Waals surface area contributed by atoms with Crippen molar-refractivity contribution in [2.45, 2.75) is 26.3 Å². The number of hydrogen-bond acceptors (Lipinski definition) is 3. The van der Waals surface area contributed by atoms with Crippen LogP contribution in [0.1, 0.15) is 31.3 Å². The first-order valence-corrected chi connectivity index (χ1v) is 8.82. The number of hydrogen-bond donors (Lipinski definition) is 1. The van der Waals surface area contributed by atoms with Gasteiger partial charge in [-0.1, -0.05) is 29.8 Å². The van der Waals surface area contributed by atoms with Gasteiger partial charge < -0.3 is 5.32 Å². The zero-order chi connectivity index (χ0) is 17.3. The molecule has 1 aromatic carbocycles. The second-order valence-electron chi connectivity index (χ2n) is 6.46. The summed E-state index contributed by atoms with van der Waals surface area (Å²) >= 11 is 7.89. The van der Waals surface area contributed by atoms with Crippen LogP contribution in [0.5, 0.6) is 0 Å². The summed E-state index contributed by atoms with van der Waals surface area (Å²) < 4.78 is 1.61. The largest absolute Gasteiger partial charge is 0.346 e. The molecule has 2 aromatic heterocycles. The van der Waals surface area contributed by atoms with Gasteiger partial charge in [0.2, 0.25) is 0 Å². The molecule has 0 aliphatic heterocycles. The Morgan fingerprint density at radius 3 is 2.58 bits per heavy atom. The van der Waals surface area contributed by atoms with Crippen LogP contribution in [-0.2, 0) is 0 Å². The quantitative estimate of drug-likeness (QED) is 0.731. The van der Waals surface area contributed by atoms with Gasteiger partial charge in [0.05, 0.1) is 15.6 Å². The maximum atomic E-state index is 12.7. The number of carbonyl (C=O) groups excluding carboxylic acids is 1. The van der Waals surface area contributed by atoms with E-state index in [9.17, 15) is 4.79 Å². The van der Waals surface area contributed by atoms with Gasteiger partial charge in [-0.05, 0) is 50.4 Å². The van der Waals surface area contributed by atoms with E-state index in [1.807, 2.05) is 56.5 Å².